The van der Waals surface area contributed by atoms with Crippen molar-refractivity contribution in [2.75, 3.05) is 0 Å². The fraction of sp³-hybridized carbons (Fsp3) is 0. The predicted molar refractivity (Wildman–Crippen MR) is 32.6 cm³/mol. The van der Waals surface area contributed by atoms with Crippen LogP contribution in [-0.4, -0.2) is 10.5 Å². The third-order valence-corrected chi connectivity index (χ3v) is 0.779. The van der Waals surface area contributed by atoms with Crippen molar-refractivity contribution in [3.8, 4) is 6.07 Å². The van der Waals surface area contributed by atoms with Crippen LogP contribution < -0.4 is 0 Å². The van der Waals surface area contributed by atoms with Crippen LogP contribution in [-0.2, 0) is 0 Å². The van der Waals surface area contributed by atoms with Crippen LogP contribution in [0.2, 0.25) is 0 Å². The van der Waals surface area contributed by atoms with E-state index < -0.39 is 0 Å². The molecule has 0 unspecified atom stereocenters. The molecule has 0 aliphatic carbocycles. The molecular weight excluding hydrogens is 116 g/mol. The largest absolute Gasteiger partial charge is 0.412 e. The second-order valence-electron chi connectivity index (χ2n) is 1.33. The van der Waals surface area contributed by atoms with E-state index in [4.69, 9.17) is 5.26 Å². The molecule has 3 nitrogen and oxygen atoms in total. The zero-order valence-corrected chi connectivity index (χ0v) is 4.70. The maximum Gasteiger partial charge on any atom is 0.140 e. The Morgan fingerprint density at radius 1 is 1.44 bits per heavy atom. The highest BCUT2D eigenvalue weighted by atomic mass is 16.0. The van der Waals surface area contributed by atoms with Gasteiger partial charge in [0.05, 0.1) is 0 Å². The first-order valence-corrected chi connectivity index (χ1v) is 2.24. The molecule has 0 amide bonds. The number of aromatic nitrogens is 1. The second kappa shape index (κ2) is 3.58. The number of rotatable bonds is 0. The number of hydrogen-bond donors (Lipinski definition) is 0. The molecule has 0 bridgehead atoms. The fourth-order valence-electron chi connectivity index (χ4n) is 0.429. The summed E-state index contributed by atoms with van der Waals surface area (Å²) in [5, 5.41) is 8.23. The SMILES string of the molecule is N#Cc1ccccn1.O. The van der Waals surface area contributed by atoms with Gasteiger partial charge in [-0.15, -0.1) is 0 Å². The number of nitriles is 1. The standard InChI is InChI=1S/C6H4N2.H2O/c7-5-6-3-1-2-4-8-6;/h1-4H;1H2. The van der Waals surface area contributed by atoms with Crippen molar-refractivity contribution in [3.63, 3.8) is 0 Å². The molecule has 0 saturated heterocycles. The second-order valence-corrected chi connectivity index (χ2v) is 1.33. The van der Waals surface area contributed by atoms with Crippen molar-refractivity contribution in [2.24, 2.45) is 0 Å². The van der Waals surface area contributed by atoms with Crippen LogP contribution in [0.15, 0.2) is 24.4 Å². The molecule has 1 aromatic rings. The summed E-state index contributed by atoms with van der Waals surface area (Å²) in [6.07, 6.45) is 1.60. The van der Waals surface area contributed by atoms with Gasteiger partial charge in [-0.1, -0.05) is 6.07 Å². The normalized spacial score (nSPS) is 7.00. The van der Waals surface area contributed by atoms with Gasteiger partial charge in [-0.05, 0) is 12.1 Å². The van der Waals surface area contributed by atoms with E-state index in [0.717, 1.165) is 0 Å². The van der Waals surface area contributed by atoms with E-state index in [1.165, 1.54) is 0 Å². The van der Waals surface area contributed by atoms with E-state index in [-0.39, 0.29) is 5.48 Å². The quantitative estimate of drug-likeness (QED) is 0.490. The van der Waals surface area contributed by atoms with Crippen molar-refractivity contribution in [3.05, 3.63) is 30.1 Å². The summed E-state index contributed by atoms with van der Waals surface area (Å²) in [5.41, 5.74) is 0.465. The lowest BCUT2D eigenvalue weighted by atomic mass is 10.4. The first-order chi connectivity index (χ1) is 3.93. The zero-order valence-electron chi connectivity index (χ0n) is 4.70. The van der Waals surface area contributed by atoms with E-state index in [1.807, 2.05) is 6.07 Å². The molecule has 3 heteroatoms. The summed E-state index contributed by atoms with van der Waals surface area (Å²) in [6, 6.07) is 7.14. The highest BCUT2D eigenvalue weighted by Gasteiger charge is 1.81. The van der Waals surface area contributed by atoms with E-state index >= 15 is 0 Å². The molecule has 0 atom stereocenters. The van der Waals surface area contributed by atoms with Crippen LogP contribution in [0, 0.1) is 11.3 Å². The van der Waals surface area contributed by atoms with E-state index in [2.05, 4.69) is 4.98 Å². The van der Waals surface area contributed by atoms with Crippen LogP contribution >= 0.6 is 0 Å². The van der Waals surface area contributed by atoms with Gasteiger partial charge in [-0.3, -0.25) is 0 Å². The lowest BCUT2D eigenvalue weighted by Gasteiger charge is -1.79. The number of pyridine rings is 1. The Morgan fingerprint density at radius 2 is 2.22 bits per heavy atom. The van der Waals surface area contributed by atoms with Gasteiger partial charge in [0.1, 0.15) is 11.8 Å². The van der Waals surface area contributed by atoms with Crippen LogP contribution in [0.3, 0.4) is 0 Å². The van der Waals surface area contributed by atoms with Crippen LogP contribution in [0.4, 0.5) is 0 Å². The molecule has 0 saturated carbocycles. The molecule has 2 N–H and O–H groups in total. The third kappa shape index (κ3) is 1.89. The Bertz CT molecular complexity index is 202. The van der Waals surface area contributed by atoms with Crippen LogP contribution in [0.1, 0.15) is 5.69 Å². The Balaban J connectivity index is 0.000000640. The maximum atomic E-state index is 8.23. The minimum absolute atomic E-state index is 0. The highest BCUT2D eigenvalue weighted by Crippen LogP contribution is 1.86. The molecule has 0 spiro atoms. The van der Waals surface area contributed by atoms with Gasteiger partial charge in [-0.2, -0.15) is 5.26 Å². The van der Waals surface area contributed by atoms with Gasteiger partial charge in [0, 0.05) is 6.20 Å². The van der Waals surface area contributed by atoms with Gasteiger partial charge < -0.3 is 5.48 Å². The van der Waals surface area contributed by atoms with Crippen molar-refractivity contribution in [1.82, 2.24) is 4.98 Å². The maximum absolute atomic E-state index is 8.23. The molecule has 9 heavy (non-hydrogen) atoms. The van der Waals surface area contributed by atoms with Crippen LogP contribution in [0.25, 0.3) is 0 Å². The lowest BCUT2D eigenvalue weighted by Crippen LogP contribution is -1.75. The third-order valence-electron chi connectivity index (χ3n) is 0.779. The smallest absolute Gasteiger partial charge is 0.140 e. The molecule has 46 valence electrons. The molecule has 1 aromatic heterocycles. The summed E-state index contributed by atoms with van der Waals surface area (Å²) >= 11 is 0. The van der Waals surface area contributed by atoms with Gasteiger partial charge in [0.15, 0.2) is 0 Å². The summed E-state index contributed by atoms with van der Waals surface area (Å²) in [6.45, 7) is 0. The summed E-state index contributed by atoms with van der Waals surface area (Å²) < 4.78 is 0. The Kier molecular flexibility index (Phi) is 3.03. The van der Waals surface area contributed by atoms with Crippen molar-refractivity contribution < 1.29 is 5.48 Å². The molecule has 0 fully saturated rings. The highest BCUT2D eigenvalue weighted by molar-refractivity contribution is 5.18. The zero-order chi connectivity index (χ0) is 5.82. The summed E-state index contributed by atoms with van der Waals surface area (Å²) in [4.78, 5) is 3.74. The minimum Gasteiger partial charge on any atom is -0.412 e. The average molecular weight is 122 g/mol. The molecule has 0 aliphatic rings. The van der Waals surface area contributed by atoms with Crippen molar-refractivity contribution in [2.45, 2.75) is 0 Å². The summed E-state index contributed by atoms with van der Waals surface area (Å²) in [5.74, 6) is 0. The average Bonchev–Trinajstić information content (AvgIpc) is 1.90. The molecule has 1 rings (SSSR count). The molecular formula is C6H6N2O. The van der Waals surface area contributed by atoms with Gasteiger partial charge in [0.25, 0.3) is 0 Å². The van der Waals surface area contributed by atoms with Crippen LogP contribution in [0.5, 0.6) is 0 Å². The minimum atomic E-state index is 0. The predicted octanol–water partition coefficient (Wildman–Crippen LogP) is 0.129. The molecule has 0 radical (unpaired) electrons. The van der Waals surface area contributed by atoms with Crippen molar-refractivity contribution >= 4 is 0 Å². The van der Waals surface area contributed by atoms with E-state index in [1.54, 1.807) is 24.4 Å². The van der Waals surface area contributed by atoms with Gasteiger partial charge in [0.2, 0.25) is 0 Å². The van der Waals surface area contributed by atoms with E-state index in [0.29, 0.717) is 5.69 Å². The first-order valence-electron chi connectivity index (χ1n) is 2.24. The molecule has 0 aromatic carbocycles. The van der Waals surface area contributed by atoms with Gasteiger partial charge >= 0.3 is 0 Å². The molecule has 1 heterocycles. The first kappa shape index (κ1) is 7.60. The van der Waals surface area contributed by atoms with E-state index in [9.17, 15) is 0 Å². The Labute approximate surface area is 52.9 Å². The van der Waals surface area contributed by atoms with Crippen molar-refractivity contribution in [1.29, 1.82) is 5.26 Å². The lowest BCUT2D eigenvalue weighted by molar-refractivity contribution is 0.824. The monoisotopic (exact) mass is 122 g/mol. The fourth-order valence-corrected chi connectivity index (χ4v) is 0.429. The number of nitrogens with zero attached hydrogens (tertiary/aromatic N) is 2. The summed E-state index contributed by atoms with van der Waals surface area (Å²) in [7, 11) is 0. The Hall–Kier alpha value is -1.40. The molecule has 0 aliphatic heterocycles. The van der Waals surface area contributed by atoms with Gasteiger partial charge in [-0.25, -0.2) is 4.98 Å². The Morgan fingerprint density at radius 3 is 2.56 bits per heavy atom. The topological polar surface area (TPSA) is 68.2 Å². The number of hydrogen-bond acceptors (Lipinski definition) is 2.